The van der Waals surface area contributed by atoms with Crippen LogP contribution >= 0.6 is 11.8 Å². The molecule has 0 bridgehead atoms. The highest BCUT2D eigenvalue weighted by atomic mass is 32.2. The number of ketones is 1. The molecule has 0 radical (unpaired) electrons. The molecule has 124 valence electrons. The first-order chi connectivity index (χ1) is 11.5. The van der Waals surface area contributed by atoms with Crippen LogP contribution in [0.1, 0.15) is 17.3 Å². The van der Waals surface area contributed by atoms with Gasteiger partial charge >= 0.3 is 5.97 Å². The molecule has 0 unspecified atom stereocenters. The molecule has 2 aromatic carbocycles. The second-order valence-electron chi connectivity index (χ2n) is 4.95. The predicted octanol–water partition coefficient (Wildman–Crippen LogP) is 3.16. The monoisotopic (exact) mass is 343 g/mol. The maximum Gasteiger partial charge on any atom is 0.316 e. The van der Waals surface area contributed by atoms with Crippen molar-refractivity contribution in [1.82, 2.24) is 0 Å². The average Bonchev–Trinajstić information content (AvgIpc) is 2.59. The Kier molecular flexibility index (Phi) is 6.57. The fourth-order valence-corrected chi connectivity index (χ4v) is 2.58. The summed E-state index contributed by atoms with van der Waals surface area (Å²) >= 11 is 1.35. The number of benzene rings is 2. The Morgan fingerprint density at radius 1 is 1.04 bits per heavy atom. The largest absolute Gasteiger partial charge is 0.455 e. The van der Waals surface area contributed by atoms with Crippen molar-refractivity contribution in [3.05, 3.63) is 60.2 Å². The highest BCUT2D eigenvalue weighted by Gasteiger charge is 2.09. The maximum absolute atomic E-state index is 11.8. The van der Waals surface area contributed by atoms with Gasteiger partial charge < -0.3 is 10.1 Å². The molecule has 6 heteroatoms. The van der Waals surface area contributed by atoms with Crippen molar-refractivity contribution in [2.24, 2.45) is 0 Å². The van der Waals surface area contributed by atoms with E-state index < -0.39 is 11.9 Å². The summed E-state index contributed by atoms with van der Waals surface area (Å²) in [6.45, 7) is 1.09. The first-order valence-electron chi connectivity index (χ1n) is 7.29. The Hall–Kier alpha value is -2.60. The number of carbonyl (C=O) groups excluding carboxylic acids is 3. The quantitative estimate of drug-likeness (QED) is 0.475. The molecule has 0 fully saturated rings. The Morgan fingerprint density at radius 2 is 1.79 bits per heavy atom. The fraction of sp³-hybridized carbons (Fsp3) is 0.167. The third-order valence-corrected chi connectivity index (χ3v) is 4.00. The topological polar surface area (TPSA) is 72.5 Å². The minimum Gasteiger partial charge on any atom is -0.455 e. The maximum atomic E-state index is 11.8. The van der Waals surface area contributed by atoms with Crippen molar-refractivity contribution < 1.29 is 19.1 Å². The van der Waals surface area contributed by atoms with Crippen molar-refractivity contribution in [3.8, 4) is 0 Å². The number of Topliss-reactive ketones (excluding diaryl/α,β-unsaturated/α-hetero) is 1. The zero-order valence-electron chi connectivity index (χ0n) is 13.2. The van der Waals surface area contributed by atoms with Crippen LogP contribution in [-0.2, 0) is 14.3 Å². The minimum absolute atomic E-state index is 0.0875. The van der Waals surface area contributed by atoms with E-state index in [2.05, 4.69) is 5.32 Å². The number of thioether (sulfide) groups is 1. The Bertz CT molecular complexity index is 731. The van der Waals surface area contributed by atoms with Crippen LogP contribution in [-0.4, -0.2) is 30.0 Å². The van der Waals surface area contributed by atoms with Crippen molar-refractivity contribution in [2.45, 2.75) is 11.8 Å². The summed E-state index contributed by atoms with van der Waals surface area (Å²) in [5, 5.41) is 2.59. The van der Waals surface area contributed by atoms with Gasteiger partial charge in [0.25, 0.3) is 5.91 Å². The van der Waals surface area contributed by atoms with Crippen LogP contribution in [0.15, 0.2) is 59.5 Å². The summed E-state index contributed by atoms with van der Waals surface area (Å²) in [6.07, 6.45) is 0. The first-order valence-corrected chi connectivity index (χ1v) is 8.27. The molecule has 1 amide bonds. The van der Waals surface area contributed by atoms with Crippen LogP contribution in [0.2, 0.25) is 0 Å². The summed E-state index contributed by atoms with van der Waals surface area (Å²) in [5.41, 5.74) is 0.992. The second-order valence-corrected chi connectivity index (χ2v) is 6.00. The molecule has 0 aliphatic rings. The van der Waals surface area contributed by atoms with E-state index in [-0.39, 0.29) is 18.1 Å². The highest BCUT2D eigenvalue weighted by Crippen LogP contribution is 2.16. The van der Waals surface area contributed by atoms with E-state index in [4.69, 9.17) is 4.74 Å². The normalized spacial score (nSPS) is 10.0. The van der Waals surface area contributed by atoms with Gasteiger partial charge in [-0.05, 0) is 31.2 Å². The molecule has 5 nitrogen and oxygen atoms in total. The summed E-state index contributed by atoms with van der Waals surface area (Å²) in [6, 6.07) is 16.0. The molecule has 0 heterocycles. The van der Waals surface area contributed by atoms with Gasteiger partial charge in [0.2, 0.25) is 0 Å². The number of ether oxygens (including phenoxy) is 1. The van der Waals surface area contributed by atoms with Crippen molar-refractivity contribution in [3.63, 3.8) is 0 Å². The van der Waals surface area contributed by atoms with Gasteiger partial charge in [-0.2, -0.15) is 0 Å². The lowest BCUT2D eigenvalue weighted by Gasteiger charge is -2.07. The molecule has 0 aliphatic carbocycles. The predicted molar refractivity (Wildman–Crippen MR) is 93.2 cm³/mol. The van der Waals surface area contributed by atoms with E-state index in [0.717, 1.165) is 4.90 Å². The highest BCUT2D eigenvalue weighted by molar-refractivity contribution is 8.00. The van der Waals surface area contributed by atoms with E-state index in [1.54, 1.807) is 24.3 Å². The van der Waals surface area contributed by atoms with E-state index in [9.17, 15) is 14.4 Å². The van der Waals surface area contributed by atoms with Crippen LogP contribution in [0.25, 0.3) is 0 Å². The third-order valence-electron chi connectivity index (χ3n) is 3.02. The molecule has 0 saturated heterocycles. The molecular formula is C18H17NO4S. The molecule has 0 aromatic heterocycles. The Morgan fingerprint density at radius 3 is 2.50 bits per heavy atom. The minimum atomic E-state index is -0.462. The van der Waals surface area contributed by atoms with Crippen LogP contribution in [0.5, 0.6) is 0 Å². The van der Waals surface area contributed by atoms with Gasteiger partial charge in [-0.3, -0.25) is 14.4 Å². The van der Waals surface area contributed by atoms with E-state index in [0.29, 0.717) is 11.3 Å². The Labute approximate surface area is 144 Å². The molecule has 24 heavy (non-hydrogen) atoms. The van der Waals surface area contributed by atoms with Crippen molar-refractivity contribution in [1.29, 1.82) is 0 Å². The van der Waals surface area contributed by atoms with E-state index in [1.807, 2.05) is 30.3 Å². The fourth-order valence-electron chi connectivity index (χ4n) is 1.86. The molecule has 2 rings (SSSR count). The second kappa shape index (κ2) is 8.88. The van der Waals surface area contributed by atoms with Gasteiger partial charge in [-0.25, -0.2) is 0 Å². The van der Waals surface area contributed by atoms with E-state index in [1.165, 1.54) is 18.7 Å². The standard InChI is InChI=1S/C18H17NO4S/c1-13(20)14-6-5-7-15(10-14)19-17(21)11-23-18(22)12-24-16-8-3-2-4-9-16/h2-10H,11-12H2,1H3,(H,19,21). The lowest BCUT2D eigenvalue weighted by atomic mass is 10.1. The van der Waals surface area contributed by atoms with Gasteiger partial charge in [-0.1, -0.05) is 30.3 Å². The SMILES string of the molecule is CC(=O)c1cccc(NC(=O)COC(=O)CSc2ccccc2)c1. The van der Waals surface area contributed by atoms with Gasteiger partial charge in [-0.15, -0.1) is 11.8 Å². The average molecular weight is 343 g/mol. The number of anilines is 1. The molecule has 2 aromatic rings. The lowest BCUT2D eigenvalue weighted by molar-refractivity contribution is -0.144. The number of nitrogens with one attached hydrogen (secondary N) is 1. The number of carbonyl (C=O) groups is 3. The number of rotatable bonds is 7. The number of hydrogen-bond donors (Lipinski definition) is 1. The summed E-state index contributed by atoms with van der Waals surface area (Å²) in [7, 11) is 0. The van der Waals surface area contributed by atoms with Crippen LogP contribution in [0, 0.1) is 0 Å². The molecule has 0 aliphatic heterocycles. The summed E-state index contributed by atoms with van der Waals surface area (Å²) in [4.78, 5) is 35.7. The van der Waals surface area contributed by atoms with Crippen molar-refractivity contribution in [2.75, 3.05) is 17.7 Å². The Balaban J connectivity index is 1.75. The molecule has 0 saturated carbocycles. The lowest BCUT2D eigenvalue weighted by Crippen LogP contribution is -2.21. The first kappa shape index (κ1) is 17.7. The summed E-state index contributed by atoms with van der Waals surface area (Å²) in [5.74, 6) is -0.863. The summed E-state index contributed by atoms with van der Waals surface area (Å²) < 4.78 is 4.94. The number of hydrogen-bond acceptors (Lipinski definition) is 5. The molecule has 1 N–H and O–H groups in total. The van der Waals surface area contributed by atoms with Gasteiger partial charge in [0.1, 0.15) is 0 Å². The number of amides is 1. The van der Waals surface area contributed by atoms with Gasteiger partial charge in [0.05, 0.1) is 5.75 Å². The van der Waals surface area contributed by atoms with Crippen LogP contribution < -0.4 is 5.32 Å². The molecule has 0 atom stereocenters. The van der Waals surface area contributed by atoms with Crippen LogP contribution in [0.3, 0.4) is 0 Å². The van der Waals surface area contributed by atoms with Gasteiger partial charge in [0.15, 0.2) is 12.4 Å². The number of esters is 1. The van der Waals surface area contributed by atoms with Gasteiger partial charge in [0, 0.05) is 16.1 Å². The zero-order chi connectivity index (χ0) is 17.4. The van der Waals surface area contributed by atoms with E-state index >= 15 is 0 Å². The van der Waals surface area contributed by atoms with Crippen LogP contribution in [0.4, 0.5) is 5.69 Å². The molecular weight excluding hydrogens is 326 g/mol. The van der Waals surface area contributed by atoms with Crippen molar-refractivity contribution >= 4 is 35.1 Å². The smallest absolute Gasteiger partial charge is 0.316 e. The molecule has 0 spiro atoms. The zero-order valence-corrected chi connectivity index (χ0v) is 14.0. The third kappa shape index (κ3) is 5.89.